The van der Waals surface area contributed by atoms with Crippen LogP contribution < -0.4 is 5.32 Å². The van der Waals surface area contributed by atoms with Crippen LogP contribution in [0.25, 0.3) is 6.08 Å². The maximum atomic E-state index is 12.6. The minimum Gasteiger partial charge on any atom is -0.478 e. The van der Waals surface area contributed by atoms with Crippen molar-refractivity contribution in [3.63, 3.8) is 0 Å². The number of nitrogens with zero attached hydrogens (tertiary/aromatic N) is 1. The van der Waals surface area contributed by atoms with Gasteiger partial charge >= 0.3 is 5.97 Å². The summed E-state index contributed by atoms with van der Waals surface area (Å²) in [6.45, 7) is 0.120. The van der Waals surface area contributed by atoms with Crippen LogP contribution in [0.5, 0.6) is 0 Å². The van der Waals surface area contributed by atoms with Crippen molar-refractivity contribution in [2.24, 2.45) is 0 Å². The zero-order valence-electron chi connectivity index (χ0n) is 14.9. The van der Waals surface area contributed by atoms with Gasteiger partial charge in [0.05, 0.1) is 10.5 Å². The molecule has 6 nitrogen and oxygen atoms in total. The molecule has 2 N–H and O–H groups in total. The first-order valence-electron chi connectivity index (χ1n) is 8.48. The summed E-state index contributed by atoms with van der Waals surface area (Å²) in [5, 5.41) is 12.2. The fraction of sp³-hybridized carbons (Fsp3) is 0.100. The van der Waals surface area contributed by atoms with E-state index in [-0.39, 0.29) is 30.3 Å². The van der Waals surface area contributed by atoms with E-state index in [1.54, 1.807) is 36.4 Å². The summed E-state index contributed by atoms with van der Waals surface area (Å²) in [7, 11) is 0. The van der Waals surface area contributed by atoms with Crippen LogP contribution in [0.2, 0.25) is 5.02 Å². The van der Waals surface area contributed by atoms with Gasteiger partial charge in [-0.2, -0.15) is 0 Å². The average Bonchev–Trinajstić information content (AvgIpc) is 2.95. The molecule has 0 spiro atoms. The third-order valence-corrected chi connectivity index (χ3v) is 5.74. The SMILES string of the molecule is O=C(CCN1C(=O)/C(=C\c2ccccc2Cl)SC1=S)Nc1cccc(C(=O)O)c1. The number of thioether (sulfide) groups is 1. The molecule has 0 unspecified atom stereocenters. The van der Waals surface area contributed by atoms with Crippen molar-refractivity contribution >= 4 is 69.4 Å². The number of halogens is 1. The number of carbonyl (C=O) groups is 3. The molecule has 1 aliphatic heterocycles. The number of aromatic carboxylic acids is 1. The van der Waals surface area contributed by atoms with Gasteiger partial charge in [0.2, 0.25) is 5.91 Å². The number of rotatable bonds is 6. The van der Waals surface area contributed by atoms with Gasteiger partial charge < -0.3 is 10.4 Å². The number of carbonyl (C=O) groups excluding carboxylic acids is 2. The summed E-state index contributed by atoms with van der Waals surface area (Å²) in [6.07, 6.45) is 1.70. The van der Waals surface area contributed by atoms with E-state index in [0.29, 0.717) is 25.5 Å². The van der Waals surface area contributed by atoms with Crippen LogP contribution in [-0.4, -0.2) is 38.7 Å². The maximum absolute atomic E-state index is 12.6. The standard InChI is InChI=1S/C20H15ClN2O4S2/c21-15-7-2-1-4-12(15)11-16-18(25)23(20(28)29-16)9-8-17(24)22-14-6-3-5-13(10-14)19(26)27/h1-7,10-11H,8-9H2,(H,22,24)(H,26,27)/b16-11+. The fourth-order valence-corrected chi connectivity index (χ4v) is 4.08. The smallest absolute Gasteiger partial charge is 0.335 e. The van der Waals surface area contributed by atoms with Gasteiger partial charge in [0.1, 0.15) is 4.32 Å². The lowest BCUT2D eigenvalue weighted by Gasteiger charge is -2.14. The molecule has 2 aromatic rings. The van der Waals surface area contributed by atoms with E-state index in [1.807, 2.05) is 6.07 Å². The third kappa shape index (κ3) is 5.23. The van der Waals surface area contributed by atoms with Gasteiger partial charge in [0.15, 0.2) is 0 Å². The maximum Gasteiger partial charge on any atom is 0.335 e. The normalized spacial score (nSPS) is 15.1. The lowest BCUT2D eigenvalue weighted by atomic mass is 10.2. The van der Waals surface area contributed by atoms with Gasteiger partial charge in [-0.15, -0.1) is 0 Å². The Balaban J connectivity index is 1.62. The lowest BCUT2D eigenvalue weighted by molar-refractivity contribution is -0.122. The van der Waals surface area contributed by atoms with Crippen LogP contribution in [-0.2, 0) is 9.59 Å². The summed E-state index contributed by atoms with van der Waals surface area (Å²) in [5.74, 6) is -1.71. The minimum atomic E-state index is -1.08. The summed E-state index contributed by atoms with van der Waals surface area (Å²) >= 11 is 12.6. The van der Waals surface area contributed by atoms with Crippen molar-refractivity contribution in [1.82, 2.24) is 4.90 Å². The second-order valence-electron chi connectivity index (χ2n) is 6.04. The van der Waals surface area contributed by atoms with Gasteiger partial charge in [-0.05, 0) is 35.9 Å². The van der Waals surface area contributed by atoms with E-state index in [9.17, 15) is 14.4 Å². The highest BCUT2D eigenvalue weighted by atomic mass is 35.5. The molecule has 1 heterocycles. The molecular formula is C20H15ClN2O4S2. The Morgan fingerprint density at radius 2 is 1.97 bits per heavy atom. The molecule has 1 fully saturated rings. The van der Waals surface area contributed by atoms with Crippen molar-refractivity contribution in [2.45, 2.75) is 6.42 Å². The Hall–Kier alpha value is -2.68. The molecule has 0 bridgehead atoms. The van der Waals surface area contributed by atoms with E-state index in [1.165, 1.54) is 17.0 Å². The molecule has 29 heavy (non-hydrogen) atoms. The minimum absolute atomic E-state index is 0.0170. The molecule has 0 saturated carbocycles. The van der Waals surface area contributed by atoms with Crippen molar-refractivity contribution in [3.05, 3.63) is 69.6 Å². The highest BCUT2D eigenvalue weighted by molar-refractivity contribution is 8.26. The molecule has 2 aromatic carbocycles. The van der Waals surface area contributed by atoms with Crippen LogP contribution in [0.4, 0.5) is 5.69 Å². The van der Waals surface area contributed by atoms with Crippen LogP contribution in [0, 0.1) is 0 Å². The zero-order chi connectivity index (χ0) is 21.0. The van der Waals surface area contributed by atoms with Crippen LogP contribution in [0.3, 0.4) is 0 Å². The Labute approximate surface area is 181 Å². The van der Waals surface area contributed by atoms with E-state index in [2.05, 4.69) is 5.32 Å². The van der Waals surface area contributed by atoms with Crippen molar-refractivity contribution in [3.8, 4) is 0 Å². The van der Waals surface area contributed by atoms with Crippen molar-refractivity contribution < 1.29 is 19.5 Å². The zero-order valence-corrected chi connectivity index (χ0v) is 17.3. The highest BCUT2D eigenvalue weighted by Crippen LogP contribution is 2.33. The molecule has 0 aromatic heterocycles. The Morgan fingerprint density at radius 1 is 1.21 bits per heavy atom. The van der Waals surface area contributed by atoms with Gasteiger partial charge in [-0.1, -0.05) is 59.8 Å². The summed E-state index contributed by atoms with van der Waals surface area (Å²) < 4.78 is 0.369. The van der Waals surface area contributed by atoms with E-state index < -0.39 is 5.97 Å². The van der Waals surface area contributed by atoms with E-state index in [0.717, 1.165) is 11.8 Å². The van der Waals surface area contributed by atoms with Crippen LogP contribution in [0.15, 0.2) is 53.4 Å². The molecule has 0 atom stereocenters. The Bertz CT molecular complexity index is 1040. The van der Waals surface area contributed by atoms with Crippen LogP contribution in [0.1, 0.15) is 22.3 Å². The summed E-state index contributed by atoms with van der Waals surface area (Å²) in [5.41, 5.74) is 1.16. The second-order valence-corrected chi connectivity index (χ2v) is 8.12. The molecule has 0 aliphatic carbocycles. The molecule has 0 radical (unpaired) electrons. The quantitative estimate of drug-likeness (QED) is 0.509. The van der Waals surface area contributed by atoms with Crippen LogP contribution >= 0.6 is 35.6 Å². The van der Waals surface area contributed by atoms with Gasteiger partial charge in [0.25, 0.3) is 5.91 Å². The van der Waals surface area contributed by atoms with Gasteiger partial charge in [-0.3, -0.25) is 14.5 Å². The van der Waals surface area contributed by atoms with E-state index >= 15 is 0 Å². The van der Waals surface area contributed by atoms with Crippen molar-refractivity contribution in [1.29, 1.82) is 0 Å². The number of thiocarbonyl (C=S) groups is 1. The number of nitrogens with one attached hydrogen (secondary N) is 1. The Kier molecular flexibility index (Phi) is 6.68. The molecule has 2 amide bonds. The number of carboxylic acid groups (broad SMARTS) is 1. The first-order valence-corrected chi connectivity index (χ1v) is 10.1. The molecule has 148 valence electrons. The fourth-order valence-electron chi connectivity index (χ4n) is 2.59. The topological polar surface area (TPSA) is 86.7 Å². The largest absolute Gasteiger partial charge is 0.478 e. The lowest BCUT2D eigenvalue weighted by Crippen LogP contribution is -2.31. The number of benzene rings is 2. The summed E-state index contributed by atoms with van der Waals surface area (Å²) in [4.78, 5) is 37.7. The Morgan fingerprint density at radius 3 is 2.69 bits per heavy atom. The first kappa shape index (κ1) is 21.0. The van der Waals surface area contributed by atoms with Crippen molar-refractivity contribution in [2.75, 3.05) is 11.9 Å². The summed E-state index contributed by atoms with van der Waals surface area (Å²) in [6, 6.07) is 13.1. The second kappa shape index (κ2) is 9.21. The number of hydrogen-bond acceptors (Lipinski definition) is 5. The predicted octanol–water partition coefficient (Wildman–Crippen LogP) is 4.27. The van der Waals surface area contributed by atoms with Gasteiger partial charge in [-0.25, -0.2) is 4.79 Å². The molecular weight excluding hydrogens is 432 g/mol. The van der Waals surface area contributed by atoms with Gasteiger partial charge in [0, 0.05) is 23.7 Å². The molecule has 9 heteroatoms. The van der Waals surface area contributed by atoms with E-state index in [4.69, 9.17) is 28.9 Å². The number of hydrogen-bond donors (Lipinski definition) is 2. The molecule has 3 rings (SSSR count). The number of carboxylic acids is 1. The molecule has 1 aliphatic rings. The third-order valence-electron chi connectivity index (χ3n) is 4.02. The number of amides is 2. The number of anilines is 1. The predicted molar refractivity (Wildman–Crippen MR) is 118 cm³/mol. The molecule has 1 saturated heterocycles. The first-order chi connectivity index (χ1) is 13.8. The monoisotopic (exact) mass is 446 g/mol. The highest BCUT2D eigenvalue weighted by Gasteiger charge is 2.32. The average molecular weight is 447 g/mol.